The third kappa shape index (κ3) is 5.49. The lowest BCUT2D eigenvalue weighted by atomic mass is 9.92. The summed E-state index contributed by atoms with van der Waals surface area (Å²) in [6.45, 7) is 0. The fourth-order valence-corrected chi connectivity index (χ4v) is 10.3. The Bertz CT molecular complexity index is 3200. The highest BCUT2D eigenvalue weighted by molar-refractivity contribution is 7.26. The molecule has 4 heteroatoms. The minimum atomic E-state index is 0.940. The van der Waals surface area contributed by atoms with Gasteiger partial charge in [0.15, 0.2) is 5.13 Å². The van der Waals surface area contributed by atoms with E-state index in [0.29, 0.717) is 0 Å². The first-order valence-electron chi connectivity index (χ1n) is 18.5. The maximum atomic E-state index is 5.41. The number of fused-ring (bicyclic) bond motifs is 8. The summed E-state index contributed by atoms with van der Waals surface area (Å²) in [6.07, 6.45) is 0. The van der Waals surface area contributed by atoms with Crippen molar-refractivity contribution in [3.63, 3.8) is 0 Å². The van der Waals surface area contributed by atoms with Crippen molar-refractivity contribution in [1.29, 1.82) is 0 Å². The molecule has 0 fully saturated rings. The predicted molar refractivity (Wildman–Crippen MR) is 239 cm³/mol. The SMILES string of the molecule is c1ccc(-c2ccc(-c3ccc(N(c4ccc5c(c4)sc4ccccc45)c4nc5ccc6ccc7ccccc7c6c5s4)cc3-c3ccccc3)cc2)cc1. The van der Waals surface area contributed by atoms with Crippen molar-refractivity contribution >= 4 is 91.1 Å². The van der Waals surface area contributed by atoms with Gasteiger partial charge >= 0.3 is 0 Å². The zero-order valence-corrected chi connectivity index (χ0v) is 31.3. The Morgan fingerprint density at radius 2 is 0.982 bits per heavy atom. The summed E-state index contributed by atoms with van der Waals surface area (Å²) in [5.41, 5.74) is 10.3. The lowest BCUT2D eigenvalue weighted by molar-refractivity contribution is 1.26. The summed E-state index contributed by atoms with van der Waals surface area (Å²) in [4.78, 5) is 7.78. The van der Waals surface area contributed by atoms with Crippen LogP contribution in [0.2, 0.25) is 0 Å². The third-order valence-corrected chi connectivity index (χ3v) is 12.9. The predicted octanol–water partition coefficient (Wildman–Crippen LogP) is 15.4. The van der Waals surface area contributed by atoms with Crippen LogP contribution in [0.3, 0.4) is 0 Å². The van der Waals surface area contributed by atoms with Gasteiger partial charge in [-0.2, -0.15) is 0 Å². The Morgan fingerprint density at radius 3 is 1.82 bits per heavy atom. The Balaban J connectivity index is 1.13. The van der Waals surface area contributed by atoms with Crippen LogP contribution in [0.4, 0.5) is 16.5 Å². The summed E-state index contributed by atoms with van der Waals surface area (Å²) >= 11 is 3.62. The molecule has 0 saturated heterocycles. The monoisotopic (exact) mass is 736 g/mol. The molecule has 11 aromatic rings. The molecule has 2 nitrogen and oxygen atoms in total. The zero-order valence-electron chi connectivity index (χ0n) is 29.7. The maximum Gasteiger partial charge on any atom is 0.195 e. The standard InChI is InChI=1S/C51H32N2S2/c1-3-11-33(12-4-1)34-19-21-37(22-20-34)41-28-26-39(31-45(41)35-13-5-2-6-14-35)53(40-27-29-44-43-17-9-10-18-47(43)54-48(44)32-40)51-52-46-30-25-38-24-23-36-15-7-8-16-42(36)49(38)50(46)55-51/h1-32H. The van der Waals surface area contributed by atoms with Gasteiger partial charge in [0.05, 0.1) is 10.2 Å². The van der Waals surface area contributed by atoms with Gasteiger partial charge in [0.25, 0.3) is 0 Å². The smallest absolute Gasteiger partial charge is 0.195 e. The number of thiophene rings is 1. The quantitative estimate of drug-likeness (QED) is 0.158. The van der Waals surface area contributed by atoms with Crippen LogP contribution in [0, 0.1) is 0 Å². The molecule has 9 aromatic carbocycles. The topological polar surface area (TPSA) is 16.1 Å². The molecule has 0 radical (unpaired) electrons. The summed E-state index contributed by atoms with van der Waals surface area (Å²) in [5, 5.41) is 8.51. The highest BCUT2D eigenvalue weighted by Gasteiger charge is 2.22. The minimum Gasteiger partial charge on any atom is -0.286 e. The van der Waals surface area contributed by atoms with Gasteiger partial charge in [-0.1, -0.05) is 169 Å². The molecule has 0 spiro atoms. The molecular weight excluding hydrogens is 705 g/mol. The van der Waals surface area contributed by atoms with Crippen LogP contribution >= 0.6 is 22.7 Å². The van der Waals surface area contributed by atoms with Crippen LogP contribution < -0.4 is 4.90 Å². The Morgan fingerprint density at radius 1 is 0.382 bits per heavy atom. The number of hydrogen-bond acceptors (Lipinski definition) is 4. The van der Waals surface area contributed by atoms with Crippen LogP contribution in [0.1, 0.15) is 0 Å². The largest absolute Gasteiger partial charge is 0.286 e. The molecule has 11 rings (SSSR count). The van der Waals surface area contributed by atoms with Gasteiger partial charge in [-0.25, -0.2) is 4.98 Å². The average Bonchev–Trinajstić information content (AvgIpc) is 3.86. The van der Waals surface area contributed by atoms with Gasteiger partial charge < -0.3 is 0 Å². The summed E-state index contributed by atoms with van der Waals surface area (Å²) in [5.74, 6) is 0. The van der Waals surface area contributed by atoms with Crippen molar-refractivity contribution in [1.82, 2.24) is 4.98 Å². The van der Waals surface area contributed by atoms with E-state index >= 15 is 0 Å². The van der Waals surface area contributed by atoms with Crippen LogP contribution in [0.15, 0.2) is 194 Å². The second-order valence-corrected chi connectivity index (χ2v) is 16.0. The normalized spacial score (nSPS) is 11.6. The highest BCUT2D eigenvalue weighted by Crippen LogP contribution is 2.47. The van der Waals surface area contributed by atoms with Gasteiger partial charge in [0, 0.05) is 36.9 Å². The van der Waals surface area contributed by atoms with E-state index in [1.807, 2.05) is 11.3 Å². The van der Waals surface area contributed by atoms with Crippen LogP contribution in [-0.4, -0.2) is 4.98 Å². The van der Waals surface area contributed by atoms with E-state index in [1.165, 1.54) is 79.8 Å². The molecule has 0 aliphatic carbocycles. The van der Waals surface area contributed by atoms with E-state index in [9.17, 15) is 0 Å². The molecule has 2 heterocycles. The Kier molecular flexibility index (Phi) is 7.58. The molecule has 0 saturated carbocycles. The number of benzene rings is 9. The Labute approximate surface area is 326 Å². The van der Waals surface area contributed by atoms with Gasteiger partial charge in [0.1, 0.15) is 0 Å². The number of hydrogen-bond donors (Lipinski definition) is 0. The lowest BCUT2D eigenvalue weighted by Gasteiger charge is -2.24. The molecule has 0 aliphatic rings. The second kappa shape index (κ2) is 13.1. The molecule has 55 heavy (non-hydrogen) atoms. The van der Waals surface area contributed by atoms with E-state index in [4.69, 9.17) is 4.98 Å². The fraction of sp³-hybridized carbons (Fsp3) is 0. The molecule has 0 atom stereocenters. The molecule has 0 N–H and O–H groups in total. The zero-order chi connectivity index (χ0) is 36.3. The number of rotatable bonds is 6. The van der Waals surface area contributed by atoms with E-state index < -0.39 is 0 Å². The van der Waals surface area contributed by atoms with Gasteiger partial charge in [0.2, 0.25) is 0 Å². The molecule has 0 bridgehead atoms. The van der Waals surface area contributed by atoms with E-state index in [-0.39, 0.29) is 0 Å². The van der Waals surface area contributed by atoms with E-state index in [0.717, 1.165) is 22.0 Å². The van der Waals surface area contributed by atoms with Crippen molar-refractivity contribution in [2.75, 3.05) is 4.90 Å². The molecule has 0 amide bonds. The number of anilines is 3. The Hall–Kier alpha value is -6.59. The van der Waals surface area contributed by atoms with Gasteiger partial charge in [-0.3, -0.25) is 4.90 Å². The average molecular weight is 737 g/mol. The van der Waals surface area contributed by atoms with Crippen molar-refractivity contribution in [3.8, 4) is 33.4 Å². The molecule has 258 valence electrons. The van der Waals surface area contributed by atoms with Crippen molar-refractivity contribution in [3.05, 3.63) is 194 Å². The second-order valence-electron chi connectivity index (χ2n) is 13.9. The van der Waals surface area contributed by atoms with Crippen LogP contribution in [-0.2, 0) is 0 Å². The first-order valence-corrected chi connectivity index (χ1v) is 20.2. The molecular formula is C51H32N2S2. The van der Waals surface area contributed by atoms with Gasteiger partial charge in [-0.05, 0) is 85.9 Å². The molecule has 2 aromatic heterocycles. The minimum absolute atomic E-state index is 0.940. The van der Waals surface area contributed by atoms with Crippen LogP contribution in [0.25, 0.3) is 85.3 Å². The van der Waals surface area contributed by atoms with E-state index in [1.54, 1.807) is 11.3 Å². The highest BCUT2D eigenvalue weighted by atomic mass is 32.1. The lowest BCUT2D eigenvalue weighted by Crippen LogP contribution is -2.10. The number of aromatic nitrogens is 1. The van der Waals surface area contributed by atoms with Crippen molar-refractivity contribution < 1.29 is 0 Å². The summed E-state index contributed by atoms with van der Waals surface area (Å²) in [7, 11) is 0. The molecule has 0 unspecified atom stereocenters. The van der Waals surface area contributed by atoms with Gasteiger partial charge in [-0.15, -0.1) is 11.3 Å². The van der Waals surface area contributed by atoms with Crippen molar-refractivity contribution in [2.24, 2.45) is 0 Å². The first kappa shape index (κ1) is 31.9. The number of nitrogens with zero attached hydrogens (tertiary/aromatic N) is 2. The molecule has 0 aliphatic heterocycles. The number of thiazole rings is 1. The van der Waals surface area contributed by atoms with Crippen molar-refractivity contribution in [2.45, 2.75) is 0 Å². The van der Waals surface area contributed by atoms with E-state index in [2.05, 4.69) is 199 Å². The summed E-state index contributed by atoms with van der Waals surface area (Å²) in [6, 6.07) is 70.3. The van der Waals surface area contributed by atoms with Crippen LogP contribution in [0.5, 0.6) is 0 Å². The maximum absolute atomic E-state index is 5.41. The summed E-state index contributed by atoms with van der Waals surface area (Å²) < 4.78 is 3.77. The third-order valence-electron chi connectivity index (χ3n) is 10.7. The fourth-order valence-electron chi connectivity index (χ4n) is 8.03. The first-order chi connectivity index (χ1) is 27.2.